The molecule has 0 bridgehead atoms. The van der Waals surface area contributed by atoms with Crippen molar-refractivity contribution in [2.24, 2.45) is 0 Å². The molecule has 0 saturated heterocycles. The lowest BCUT2D eigenvalue weighted by Crippen LogP contribution is -2.33. The van der Waals surface area contributed by atoms with Gasteiger partial charge in [-0.15, -0.1) is 0 Å². The molecule has 134 valence electrons. The third kappa shape index (κ3) is 4.87. The number of sulfonamides is 1. The average molecular weight is 365 g/mol. The van der Waals surface area contributed by atoms with Crippen LogP contribution in [0, 0.1) is 12.7 Å². The first-order valence-electron chi connectivity index (χ1n) is 7.68. The number of likely N-dealkylation sites (N-methyl/N-ethyl adjacent to an activating group) is 1. The van der Waals surface area contributed by atoms with Crippen molar-refractivity contribution in [2.75, 3.05) is 13.6 Å². The highest BCUT2D eigenvalue weighted by atomic mass is 32.2. The molecule has 0 aromatic heterocycles. The lowest BCUT2D eigenvalue weighted by atomic mass is 10.1. The molecule has 7 heteroatoms. The summed E-state index contributed by atoms with van der Waals surface area (Å²) in [6.07, 6.45) is -0.608. The van der Waals surface area contributed by atoms with E-state index in [0.29, 0.717) is 5.56 Å². The van der Waals surface area contributed by atoms with Crippen LogP contribution in [0.25, 0.3) is 0 Å². The molecule has 1 atom stereocenters. The maximum absolute atomic E-state index is 12.9. The van der Waals surface area contributed by atoms with Crippen LogP contribution in [0.2, 0.25) is 0 Å². The van der Waals surface area contributed by atoms with Crippen LogP contribution in [0.15, 0.2) is 53.4 Å². The van der Waals surface area contributed by atoms with Crippen LogP contribution >= 0.6 is 0 Å². The first kappa shape index (κ1) is 19.1. The highest BCUT2D eigenvalue weighted by Gasteiger charge is 2.24. The largest absolute Gasteiger partial charge is 0.457 e. The van der Waals surface area contributed by atoms with Crippen molar-refractivity contribution in [2.45, 2.75) is 24.8 Å². The molecule has 0 spiro atoms. The molecule has 5 nitrogen and oxygen atoms in total. The fourth-order valence-corrected chi connectivity index (χ4v) is 3.31. The van der Waals surface area contributed by atoms with E-state index in [-0.39, 0.29) is 10.7 Å². The lowest BCUT2D eigenvalue weighted by molar-refractivity contribution is -0.148. The fourth-order valence-electron chi connectivity index (χ4n) is 2.19. The fraction of sp³-hybridized carbons (Fsp3) is 0.278. The summed E-state index contributed by atoms with van der Waals surface area (Å²) >= 11 is 0. The third-order valence-corrected chi connectivity index (χ3v) is 5.55. The monoisotopic (exact) mass is 365 g/mol. The molecule has 2 aromatic rings. The van der Waals surface area contributed by atoms with Gasteiger partial charge in [-0.1, -0.05) is 29.8 Å². The standard InChI is InChI=1S/C18H20FNO4S/c1-13-4-10-17(11-5-13)25(22,23)20(3)12-18(21)24-14(2)15-6-8-16(19)9-7-15/h4-11,14H,12H2,1-3H3/t14-/m1/s1. The number of nitrogens with zero attached hydrogens (tertiary/aromatic N) is 1. The van der Waals surface area contributed by atoms with Crippen LogP contribution in [0.1, 0.15) is 24.2 Å². The van der Waals surface area contributed by atoms with E-state index in [1.807, 2.05) is 6.92 Å². The Hall–Kier alpha value is -2.25. The van der Waals surface area contributed by atoms with Crippen LogP contribution in [0.5, 0.6) is 0 Å². The number of rotatable bonds is 6. The summed E-state index contributed by atoms with van der Waals surface area (Å²) in [4.78, 5) is 12.1. The van der Waals surface area contributed by atoms with E-state index < -0.39 is 28.6 Å². The highest BCUT2D eigenvalue weighted by molar-refractivity contribution is 7.89. The van der Waals surface area contributed by atoms with Gasteiger partial charge in [0.1, 0.15) is 18.5 Å². The number of ether oxygens (including phenoxy) is 1. The molecule has 0 radical (unpaired) electrons. The van der Waals surface area contributed by atoms with Crippen molar-refractivity contribution in [1.82, 2.24) is 4.31 Å². The number of aryl methyl sites for hydroxylation is 1. The Morgan fingerprint density at radius 2 is 1.68 bits per heavy atom. The molecule has 0 aliphatic rings. The van der Waals surface area contributed by atoms with Crippen LogP contribution < -0.4 is 0 Å². The number of carbonyl (C=O) groups excluding carboxylic acids is 1. The van der Waals surface area contributed by atoms with E-state index in [2.05, 4.69) is 0 Å². The van der Waals surface area contributed by atoms with Crippen LogP contribution in [-0.2, 0) is 19.6 Å². The van der Waals surface area contributed by atoms with Crippen molar-refractivity contribution in [1.29, 1.82) is 0 Å². The molecule has 0 amide bonds. The minimum absolute atomic E-state index is 0.111. The van der Waals surface area contributed by atoms with Gasteiger partial charge in [-0.3, -0.25) is 4.79 Å². The molecule has 0 unspecified atom stereocenters. The van der Waals surface area contributed by atoms with Gasteiger partial charge in [-0.2, -0.15) is 4.31 Å². The Kier molecular flexibility index (Phi) is 5.92. The zero-order valence-electron chi connectivity index (χ0n) is 14.3. The van der Waals surface area contributed by atoms with Gasteiger partial charge >= 0.3 is 5.97 Å². The molecule has 0 N–H and O–H groups in total. The van der Waals surface area contributed by atoms with Crippen molar-refractivity contribution >= 4 is 16.0 Å². The zero-order chi connectivity index (χ0) is 18.6. The molecule has 0 aliphatic carbocycles. The average Bonchev–Trinajstić information content (AvgIpc) is 2.55. The maximum atomic E-state index is 12.9. The predicted octanol–water partition coefficient (Wildman–Crippen LogP) is 3.06. The van der Waals surface area contributed by atoms with Gasteiger partial charge in [0, 0.05) is 7.05 Å². The lowest BCUT2D eigenvalue weighted by Gasteiger charge is -2.19. The van der Waals surface area contributed by atoms with E-state index in [0.717, 1.165) is 9.87 Å². The number of esters is 1. The molecule has 0 aliphatic heterocycles. The van der Waals surface area contributed by atoms with Crippen molar-refractivity contribution in [3.63, 3.8) is 0 Å². The van der Waals surface area contributed by atoms with Gasteiger partial charge in [0.25, 0.3) is 0 Å². The third-order valence-electron chi connectivity index (χ3n) is 3.73. The zero-order valence-corrected chi connectivity index (χ0v) is 15.1. The smallest absolute Gasteiger partial charge is 0.321 e. The van der Waals surface area contributed by atoms with Crippen molar-refractivity contribution in [3.05, 3.63) is 65.5 Å². The second kappa shape index (κ2) is 7.76. The van der Waals surface area contributed by atoms with Gasteiger partial charge < -0.3 is 4.74 Å². The van der Waals surface area contributed by atoms with Gasteiger partial charge in [-0.25, -0.2) is 12.8 Å². The summed E-state index contributed by atoms with van der Waals surface area (Å²) in [6, 6.07) is 11.9. The molecule has 0 heterocycles. The highest BCUT2D eigenvalue weighted by Crippen LogP contribution is 2.19. The van der Waals surface area contributed by atoms with E-state index in [1.165, 1.54) is 43.4 Å². The van der Waals surface area contributed by atoms with Gasteiger partial charge in [-0.05, 0) is 43.7 Å². The van der Waals surface area contributed by atoms with Gasteiger partial charge in [0.2, 0.25) is 10.0 Å². The van der Waals surface area contributed by atoms with Gasteiger partial charge in [0.15, 0.2) is 0 Å². The normalized spacial score (nSPS) is 12.8. The van der Waals surface area contributed by atoms with E-state index >= 15 is 0 Å². The van der Waals surface area contributed by atoms with Crippen molar-refractivity contribution in [3.8, 4) is 0 Å². The number of carbonyl (C=O) groups is 1. The molecule has 0 fully saturated rings. The number of hydrogen-bond acceptors (Lipinski definition) is 4. The summed E-state index contributed by atoms with van der Waals surface area (Å²) < 4.78 is 44.0. The van der Waals surface area contributed by atoms with Crippen molar-refractivity contribution < 1.29 is 22.3 Å². The minimum atomic E-state index is -3.77. The van der Waals surface area contributed by atoms with Crippen LogP contribution in [0.3, 0.4) is 0 Å². The summed E-state index contributed by atoms with van der Waals surface area (Å²) in [7, 11) is -2.46. The SMILES string of the molecule is Cc1ccc(S(=O)(=O)N(C)CC(=O)O[C@H](C)c2ccc(F)cc2)cc1. The molecule has 25 heavy (non-hydrogen) atoms. The Morgan fingerprint density at radius 3 is 2.24 bits per heavy atom. The second-order valence-corrected chi connectivity index (χ2v) is 7.80. The Balaban J connectivity index is 2.01. The molecular weight excluding hydrogens is 345 g/mol. The molecule has 0 saturated carbocycles. The second-order valence-electron chi connectivity index (χ2n) is 5.76. The van der Waals surface area contributed by atoms with Gasteiger partial charge in [0.05, 0.1) is 4.90 Å². The summed E-state index contributed by atoms with van der Waals surface area (Å²) in [5, 5.41) is 0. The Morgan fingerprint density at radius 1 is 1.12 bits per heavy atom. The quantitative estimate of drug-likeness (QED) is 0.738. The Labute approximate surface area is 147 Å². The van der Waals surface area contributed by atoms with E-state index in [9.17, 15) is 17.6 Å². The molecular formula is C18H20FNO4S. The molecule has 2 rings (SSSR count). The van der Waals surface area contributed by atoms with E-state index in [1.54, 1.807) is 19.1 Å². The first-order valence-corrected chi connectivity index (χ1v) is 9.12. The summed E-state index contributed by atoms with van der Waals surface area (Å²) in [6.45, 7) is 3.08. The minimum Gasteiger partial charge on any atom is -0.457 e. The topological polar surface area (TPSA) is 63.7 Å². The predicted molar refractivity (Wildman–Crippen MR) is 91.9 cm³/mol. The summed E-state index contributed by atoms with van der Waals surface area (Å²) in [5.41, 5.74) is 1.56. The summed E-state index contributed by atoms with van der Waals surface area (Å²) in [5.74, 6) is -1.07. The number of benzene rings is 2. The van der Waals surface area contributed by atoms with Crippen LogP contribution in [0.4, 0.5) is 4.39 Å². The first-order chi connectivity index (χ1) is 11.7. The van der Waals surface area contributed by atoms with Crippen LogP contribution in [-0.4, -0.2) is 32.3 Å². The maximum Gasteiger partial charge on any atom is 0.321 e. The Bertz CT molecular complexity index is 832. The van der Waals surface area contributed by atoms with E-state index in [4.69, 9.17) is 4.74 Å². The number of halogens is 1. The number of hydrogen-bond donors (Lipinski definition) is 0. The molecule has 2 aromatic carbocycles.